The van der Waals surface area contributed by atoms with Crippen LogP contribution in [0.25, 0.3) is 0 Å². The Morgan fingerprint density at radius 2 is 2.12 bits per heavy atom. The summed E-state index contributed by atoms with van der Waals surface area (Å²) in [5, 5.41) is 4.96. The number of nitrogens with zero attached hydrogens (tertiary/aromatic N) is 1. The molecule has 0 bridgehead atoms. The minimum Gasteiger partial charge on any atom is -0.469 e. The van der Waals surface area contributed by atoms with Crippen molar-refractivity contribution in [2.24, 2.45) is 0 Å². The van der Waals surface area contributed by atoms with Gasteiger partial charge in [0, 0.05) is 12.1 Å². The van der Waals surface area contributed by atoms with E-state index in [1.54, 1.807) is 0 Å². The molecule has 9 nitrogen and oxygen atoms in total. The number of esters is 1. The number of H-pyrrole nitrogens is 1. The first-order valence-electron chi connectivity index (χ1n) is 7.24. The number of rotatable bonds is 7. The minimum absolute atomic E-state index is 0.0431. The number of ether oxygens (including phenoxy) is 1. The molecule has 1 aromatic heterocycles. The highest BCUT2D eigenvalue weighted by Gasteiger charge is 2.12. The number of nitrogens with one attached hydrogen (secondary N) is 3. The van der Waals surface area contributed by atoms with E-state index in [0.29, 0.717) is 0 Å². The number of hydrogen-bond donors (Lipinski definition) is 3. The summed E-state index contributed by atoms with van der Waals surface area (Å²) in [7, 11) is 1.24. The van der Waals surface area contributed by atoms with Crippen molar-refractivity contribution in [3.63, 3.8) is 0 Å². The van der Waals surface area contributed by atoms with Crippen LogP contribution < -0.4 is 16.2 Å². The second-order valence-corrected chi connectivity index (χ2v) is 5.88. The van der Waals surface area contributed by atoms with Gasteiger partial charge in [0.25, 0.3) is 5.56 Å². The van der Waals surface area contributed by atoms with Crippen molar-refractivity contribution >= 4 is 29.7 Å². The van der Waals surface area contributed by atoms with Gasteiger partial charge in [-0.1, -0.05) is 18.7 Å². The average molecular weight is 356 g/mol. The quantitative estimate of drug-likeness (QED) is 0.361. The molecule has 0 fully saturated rings. The molecule has 1 rings (SSSR count). The molecule has 0 saturated heterocycles. The normalized spacial score (nSPS) is 11.5. The zero-order chi connectivity index (χ0) is 18.1. The van der Waals surface area contributed by atoms with E-state index in [0.717, 1.165) is 18.2 Å². The van der Waals surface area contributed by atoms with Crippen molar-refractivity contribution in [3.05, 3.63) is 22.1 Å². The molecule has 132 valence electrons. The number of urea groups is 1. The summed E-state index contributed by atoms with van der Waals surface area (Å²) >= 11 is 0.947. The summed E-state index contributed by atoms with van der Waals surface area (Å²) in [5.74, 6) is -1.16. The van der Waals surface area contributed by atoms with Crippen LogP contribution in [0.5, 0.6) is 0 Å². The van der Waals surface area contributed by atoms with Gasteiger partial charge < -0.3 is 15.0 Å². The molecule has 1 atom stereocenters. The first-order chi connectivity index (χ1) is 11.3. The largest absolute Gasteiger partial charge is 0.469 e. The van der Waals surface area contributed by atoms with E-state index >= 15 is 0 Å². The van der Waals surface area contributed by atoms with Crippen LogP contribution in [0.4, 0.5) is 4.79 Å². The highest BCUT2D eigenvalue weighted by molar-refractivity contribution is 7.99. The maximum absolute atomic E-state index is 11.7. The van der Waals surface area contributed by atoms with Gasteiger partial charge in [-0.05, 0) is 13.3 Å². The summed E-state index contributed by atoms with van der Waals surface area (Å²) in [6.45, 7) is 3.73. The van der Waals surface area contributed by atoms with Gasteiger partial charge in [-0.3, -0.25) is 19.7 Å². The van der Waals surface area contributed by atoms with Crippen molar-refractivity contribution < 1.29 is 19.1 Å². The van der Waals surface area contributed by atoms with Gasteiger partial charge in [-0.2, -0.15) is 0 Å². The Labute approximate surface area is 143 Å². The Morgan fingerprint density at radius 1 is 1.42 bits per heavy atom. The van der Waals surface area contributed by atoms with Gasteiger partial charge in [0.2, 0.25) is 5.91 Å². The van der Waals surface area contributed by atoms with Gasteiger partial charge in [-0.25, -0.2) is 9.78 Å². The average Bonchev–Trinajstić information content (AvgIpc) is 2.51. The Hall–Kier alpha value is -2.36. The van der Waals surface area contributed by atoms with Gasteiger partial charge in [0.15, 0.2) is 5.16 Å². The zero-order valence-electron chi connectivity index (χ0n) is 13.7. The predicted molar refractivity (Wildman–Crippen MR) is 87.7 cm³/mol. The van der Waals surface area contributed by atoms with Gasteiger partial charge in [0.1, 0.15) is 0 Å². The van der Waals surface area contributed by atoms with Crippen LogP contribution in [-0.4, -0.2) is 46.8 Å². The van der Waals surface area contributed by atoms with Crippen molar-refractivity contribution in [3.8, 4) is 0 Å². The monoisotopic (exact) mass is 356 g/mol. The lowest BCUT2D eigenvalue weighted by molar-refractivity contribution is -0.139. The van der Waals surface area contributed by atoms with Crippen molar-refractivity contribution in [2.75, 3.05) is 12.9 Å². The number of thioether (sulfide) groups is 1. The van der Waals surface area contributed by atoms with Crippen LogP contribution in [0.2, 0.25) is 0 Å². The number of carbonyl (C=O) groups is 3. The maximum atomic E-state index is 11.7. The van der Waals surface area contributed by atoms with Gasteiger partial charge in [0.05, 0.1) is 25.0 Å². The molecule has 3 N–H and O–H groups in total. The fourth-order valence-corrected chi connectivity index (χ4v) is 2.22. The Kier molecular flexibility index (Phi) is 7.96. The van der Waals surface area contributed by atoms with Crippen LogP contribution in [-0.2, 0) is 20.7 Å². The van der Waals surface area contributed by atoms with E-state index in [2.05, 4.69) is 25.3 Å². The number of methoxy groups -OCH3 is 1. The second kappa shape index (κ2) is 9.71. The predicted octanol–water partition coefficient (Wildman–Crippen LogP) is 0.202. The number of aromatic nitrogens is 2. The van der Waals surface area contributed by atoms with Crippen LogP contribution in [0.3, 0.4) is 0 Å². The molecule has 0 unspecified atom stereocenters. The first kappa shape index (κ1) is 19.7. The molecule has 10 heteroatoms. The van der Waals surface area contributed by atoms with Crippen molar-refractivity contribution in [2.45, 2.75) is 37.9 Å². The van der Waals surface area contributed by atoms with E-state index in [1.165, 1.54) is 13.2 Å². The van der Waals surface area contributed by atoms with Crippen molar-refractivity contribution in [1.82, 2.24) is 20.6 Å². The van der Waals surface area contributed by atoms with E-state index in [-0.39, 0.29) is 29.1 Å². The molecular weight excluding hydrogens is 336 g/mol. The topological polar surface area (TPSA) is 130 Å². The third-order valence-corrected chi connectivity index (χ3v) is 3.78. The minimum atomic E-state index is -0.573. The Balaban J connectivity index is 2.57. The van der Waals surface area contributed by atoms with Crippen molar-refractivity contribution in [1.29, 1.82) is 0 Å². The van der Waals surface area contributed by atoms with Crippen LogP contribution in [0.1, 0.15) is 26.0 Å². The molecule has 0 aliphatic rings. The first-order valence-corrected chi connectivity index (χ1v) is 8.22. The SMILES string of the molecule is CC[C@H](C)NC(=O)NC(=O)CSc1nc(CC(=O)OC)cc(=O)[nH]1. The number of carbonyl (C=O) groups excluding carboxylic acids is 3. The Morgan fingerprint density at radius 3 is 2.75 bits per heavy atom. The van der Waals surface area contributed by atoms with Crippen LogP contribution in [0, 0.1) is 0 Å². The zero-order valence-corrected chi connectivity index (χ0v) is 14.5. The van der Waals surface area contributed by atoms with E-state index in [4.69, 9.17) is 0 Å². The summed E-state index contributed by atoms with van der Waals surface area (Å²) in [6.07, 6.45) is 0.603. The highest BCUT2D eigenvalue weighted by atomic mass is 32.2. The summed E-state index contributed by atoms with van der Waals surface area (Å²) in [6, 6.07) is 0.565. The molecular formula is C14H20N4O5S. The molecule has 0 aromatic carbocycles. The fourth-order valence-electron chi connectivity index (χ4n) is 1.52. The highest BCUT2D eigenvalue weighted by Crippen LogP contribution is 2.11. The lowest BCUT2D eigenvalue weighted by atomic mass is 10.3. The number of amides is 3. The lowest BCUT2D eigenvalue weighted by Gasteiger charge is -2.11. The molecule has 0 spiro atoms. The third-order valence-electron chi connectivity index (χ3n) is 2.91. The van der Waals surface area contributed by atoms with E-state index in [1.807, 2.05) is 13.8 Å². The second-order valence-electron chi connectivity index (χ2n) is 4.91. The molecule has 0 saturated carbocycles. The molecule has 3 amide bonds. The van der Waals surface area contributed by atoms with Crippen LogP contribution >= 0.6 is 11.8 Å². The summed E-state index contributed by atoms with van der Waals surface area (Å²) in [4.78, 5) is 52.5. The molecule has 0 radical (unpaired) electrons. The molecule has 24 heavy (non-hydrogen) atoms. The molecule has 1 heterocycles. The lowest BCUT2D eigenvalue weighted by Crippen LogP contribution is -2.43. The third kappa shape index (κ3) is 7.27. The van der Waals surface area contributed by atoms with E-state index in [9.17, 15) is 19.2 Å². The summed E-state index contributed by atoms with van der Waals surface area (Å²) < 4.78 is 4.51. The standard InChI is InChI=1S/C14H20N4O5S/c1-4-8(2)15-13(22)17-11(20)7-24-14-16-9(5-10(19)18-14)6-12(21)23-3/h5,8H,4,6-7H2,1-3H3,(H,16,18,19)(H2,15,17,20,22)/t8-/m0/s1. The molecule has 0 aliphatic carbocycles. The maximum Gasteiger partial charge on any atom is 0.321 e. The number of imide groups is 1. The van der Waals surface area contributed by atoms with E-state index < -0.39 is 23.5 Å². The van der Waals surface area contributed by atoms with Gasteiger partial charge >= 0.3 is 12.0 Å². The fraction of sp³-hybridized carbons (Fsp3) is 0.500. The number of aromatic amines is 1. The number of hydrogen-bond acceptors (Lipinski definition) is 7. The molecule has 1 aromatic rings. The van der Waals surface area contributed by atoms with Crippen LogP contribution in [0.15, 0.2) is 16.0 Å². The molecule has 0 aliphatic heterocycles. The Bertz CT molecular complexity index is 661. The van der Waals surface area contributed by atoms with Gasteiger partial charge in [-0.15, -0.1) is 0 Å². The summed E-state index contributed by atoms with van der Waals surface area (Å²) in [5.41, 5.74) is -0.204. The smallest absolute Gasteiger partial charge is 0.321 e.